The quantitative estimate of drug-likeness (QED) is 0.658. The topological polar surface area (TPSA) is 49.4 Å². The zero-order valence-corrected chi connectivity index (χ0v) is 18.3. The van der Waals surface area contributed by atoms with Crippen LogP contribution in [0.4, 0.5) is 5.69 Å². The molecule has 0 saturated heterocycles. The Balaban J connectivity index is 1.57. The largest absolute Gasteiger partial charge is 0.325 e. The number of unbranched alkanes of at least 4 members (excludes halogenated alkanes) is 1. The van der Waals surface area contributed by atoms with E-state index < -0.39 is 0 Å². The molecule has 0 fully saturated rings. The number of Topliss-reactive ketones (excluding diaryl/α,β-unsaturated/α-hetero) is 1. The second kappa shape index (κ2) is 9.32. The number of rotatable bonds is 7. The van der Waals surface area contributed by atoms with Crippen molar-refractivity contribution in [3.63, 3.8) is 0 Å². The number of hydrogen-bond acceptors (Lipinski definition) is 3. The van der Waals surface area contributed by atoms with Crippen LogP contribution in [0.15, 0.2) is 36.4 Å². The van der Waals surface area contributed by atoms with E-state index >= 15 is 0 Å². The van der Waals surface area contributed by atoms with E-state index in [-0.39, 0.29) is 17.6 Å². The summed E-state index contributed by atoms with van der Waals surface area (Å²) in [7, 11) is 0. The molecule has 30 heavy (non-hydrogen) atoms. The van der Waals surface area contributed by atoms with E-state index in [9.17, 15) is 9.59 Å². The van der Waals surface area contributed by atoms with E-state index in [2.05, 4.69) is 41.4 Å². The fraction of sp³-hybridized carbons (Fsp3) is 0.440. The van der Waals surface area contributed by atoms with Gasteiger partial charge in [0.05, 0.1) is 10.7 Å². The highest BCUT2D eigenvalue weighted by molar-refractivity contribution is 6.34. The molecular weight excluding hydrogens is 396 g/mol. The first kappa shape index (κ1) is 21.1. The molecule has 2 aliphatic rings. The number of nitrogens with one attached hydrogen (secondary N) is 1. The molecule has 0 radical (unpaired) electrons. The Bertz CT molecular complexity index is 942. The Morgan fingerprint density at radius 2 is 1.93 bits per heavy atom. The van der Waals surface area contributed by atoms with Crippen LogP contribution >= 0.6 is 11.6 Å². The second-order valence-electron chi connectivity index (χ2n) is 8.47. The van der Waals surface area contributed by atoms with Crippen molar-refractivity contribution in [1.29, 1.82) is 0 Å². The molecule has 4 rings (SSSR count). The SMILES string of the molecule is CCCCN(Cc1ccccc1)CC1CCc2cc(Cl)c3c(c2C1=O)CCC(=O)N3. The van der Waals surface area contributed by atoms with Crippen molar-refractivity contribution in [2.75, 3.05) is 18.4 Å². The number of hydrogen-bond donors (Lipinski definition) is 1. The lowest BCUT2D eigenvalue weighted by molar-refractivity contribution is -0.116. The van der Waals surface area contributed by atoms with E-state index in [1.54, 1.807) is 0 Å². The third-order valence-electron chi connectivity index (χ3n) is 6.27. The lowest BCUT2D eigenvalue weighted by Crippen LogP contribution is -2.37. The highest BCUT2D eigenvalue weighted by atomic mass is 35.5. The van der Waals surface area contributed by atoms with Crippen molar-refractivity contribution in [3.05, 3.63) is 63.7 Å². The van der Waals surface area contributed by atoms with Crippen LogP contribution in [0.3, 0.4) is 0 Å². The summed E-state index contributed by atoms with van der Waals surface area (Å²) in [6.45, 7) is 4.84. The van der Waals surface area contributed by atoms with Gasteiger partial charge < -0.3 is 5.32 Å². The zero-order chi connectivity index (χ0) is 21.1. The number of halogens is 1. The van der Waals surface area contributed by atoms with E-state index in [0.717, 1.165) is 62.0 Å². The number of aryl methyl sites for hydroxylation is 1. The third-order valence-corrected chi connectivity index (χ3v) is 6.56. The van der Waals surface area contributed by atoms with Gasteiger partial charge in [-0.2, -0.15) is 0 Å². The van der Waals surface area contributed by atoms with Crippen LogP contribution < -0.4 is 5.32 Å². The molecule has 5 heteroatoms. The van der Waals surface area contributed by atoms with Gasteiger partial charge in [-0.05, 0) is 55.0 Å². The van der Waals surface area contributed by atoms with Gasteiger partial charge in [0.2, 0.25) is 5.91 Å². The minimum absolute atomic E-state index is 0.0130. The standard InChI is InChI=1S/C25H29ClN2O2/c1-2-3-13-28(15-17-7-5-4-6-8-17)16-19-10-9-18-14-21(26)24-20(23(18)25(19)30)11-12-22(29)27-24/h4-8,14,19H,2-3,9-13,15-16H2,1H3,(H,27,29). The van der Waals surface area contributed by atoms with Crippen molar-refractivity contribution in [3.8, 4) is 0 Å². The summed E-state index contributed by atoms with van der Waals surface area (Å²) in [6.07, 6.45) is 4.98. The van der Waals surface area contributed by atoms with Gasteiger partial charge in [-0.1, -0.05) is 55.3 Å². The van der Waals surface area contributed by atoms with Crippen LogP contribution in [-0.2, 0) is 24.2 Å². The molecular formula is C25H29ClN2O2. The van der Waals surface area contributed by atoms with Gasteiger partial charge in [-0.15, -0.1) is 0 Å². The fourth-order valence-corrected chi connectivity index (χ4v) is 4.99. The monoisotopic (exact) mass is 424 g/mol. The van der Waals surface area contributed by atoms with E-state index in [0.29, 0.717) is 23.6 Å². The van der Waals surface area contributed by atoms with Gasteiger partial charge in [-0.25, -0.2) is 0 Å². The summed E-state index contributed by atoms with van der Waals surface area (Å²) in [5, 5.41) is 3.43. The van der Waals surface area contributed by atoms with Crippen molar-refractivity contribution in [2.24, 2.45) is 5.92 Å². The van der Waals surface area contributed by atoms with Crippen molar-refractivity contribution in [1.82, 2.24) is 4.90 Å². The minimum Gasteiger partial charge on any atom is -0.325 e. The van der Waals surface area contributed by atoms with Gasteiger partial charge in [0.15, 0.2) is 5.78 Å². The summed E-state index contributed by atoms with van der Waals surface area (Å²) >= 11 is 6.43. The van der Waals surface area contributed by atoms with Crippen LogP contribution in [0.5, 0.6) is 0 Å². The number of benzene rings is 2. The number of carbonyl (C=O) groups is 2. The Morgan fingerprint density at radius 1 is 1.13 bits per heavy atom. The summed E-state index contributed by atoms with van der Waals surface area (Å²) < 4.78 is 0. The van der Waals surface area contributed by atoms with Crippen LogP contribution in [0.1, 0.15) is 59.7 Å². The molecule has 4 nitrogen and oxygen atoms in total. The Kier molecular flexibility index (Phi) is 6.55. The van der Waals surface area contributed by atoms with Crippen molar-refractivity contribution < 1.29 is 9.59 Å². The summed E-state index contributed by atoms with van der Waals surface area (Å²) in [6, 6.07) is 12.4. The summed E-state index contributed by atoms with van der Waals surface area (Å²) in [5.74, 6) is 0.175. The molecule has 1 aliphatic heterocycles. The van der Waals surface area contributed by atoms with Crippen LogP contribution in [0.2, 0.25) is 5.02 Å². The fourth-order valence-electron chi connectivity index (χ4n) is 4.70. The highest BCUT2D eigenvalue weighted by Gasteiger charge is 2.34. The number of ketones is 1. The molecule has 2 aromatic rings. The molecule has 158 valence electrons. The molecule has 1 amide bonds. The van der Waals surface area contributed by atoms with E-state index in [1.807, 2.05) is 12.1 Å². The first-order valence-corrected chi connectivity index (χ1v) is 11.4. The minimum atomic E-state index is -0.0299. The molecule has 1 N–H and O–H groups in total. The highest BCUT2D eigenvalue weighted by Crippen LogP contribution is 2.39. The molecule has 1 unspecified atom stereocenters. The average molecular weight is 425 g/mol. The molecule has 1 atom stereocenters. The van der Waals surface area contributed by atoms with Crippen LogP contribution in [-0.4, -0.2) is 29.7 Å². The smallest absolute Gasteiger partial charge is 0.224 e. The van der Waals surface area contributed by atoms with Gasteiger partial charge in [0.25, 0.3) is 0 Å². The Hall–Kier alpha value is -2.17. The van der Waals surface area contributed by atoms with Gasteiger partial charge in [-0.3, -0.25) is 14.5 Å². The number of carbonyl (C=O) groups excluding carboxylic acids is 2. The molecule has 0 aromatic heterocycles. The van der Waals surface area contributed by atoms with Gasteiger partial charge in [0, 0.05) is 31.0 Å². The predicted octanol–water partition coefficient (Wildman–Crippen LogP) is 5.27. The van der Waals surface area contributed by atoms with Crippen LogP contribution in [0, 0.1) is 5.92 Å². The first-order valence-electron chi connectivity index (χ1n) is 11.0. The predicted molar refractivity (Wildman–Crippen MR) is 121 cm³/mol. The Morgan fingerprint density at radius 3 is 2.70 bits per heavy atom. The van der Waals surface area contributed by atoms with E-state index in [4.69, 9.17) is 11.6 Å². The van der Waals surface area contributed by atoms with E-state index in [1.165, 1.54) is 5.56 Å². The van der Waals surface area contributed by atoms with Gasteiger partial charge >= 0.3 is 0 Å². The molecule has 0 saturated carbocycles. The first-order chi connectivity index (χ1) is 14.6. The number of nitrogens with zero attached hydrogens (tertiary/aromatic N) is 1. The molecule has 2 aromatic carbocycles. The lowest BCUT2D eigenvalue weighted by atomic mass is 9.78. The van der Waals surface area contributed by atoms with Gasteiger partial charge in [0.1, 0.15) is 0 Å². The number of anilines is 1. The summed E-state index contributed by atoms with van der Waals surface area (Å²) in [4.78, 5) is 27.8. The summed E-state index contributed by atoms with van der Waals surface area (Å²) in [5.41, 5.74) is 4.73. The molecule has 0 spiro atoms. The van der Waals surface area contributed by atoms with Crippen LogP contribution in [0.25, 0.3) is 0 Å². The number of fused-ring (bicyclic) bond motifs is 3. The zero-order valence-electron chi connectivity index (χ0n) is 17.5. The molecule has 0 bridgehead atoms. The lowest BCUT2D eigenvalue weighted by Gasteiger charge is -2.32. The third kappa shape index (κ3) is 4.45. The maximum Gasteiger partial charge on any atom is 0.224 e. The maximum absolute atomic E-state index is 13.6. The maximum atomic E-state index is 13.6. The second-order valence-corrected chi connectivity index (χ2v) is 8.88. The Labute approximate surface area is 183 Å². The molecule has 1 aliphatic carbocycles. The molecule has 1 heterocycles. The van der Waals surface area contributed by atoms with Crippen molar-refractivity contribution in [2.45, 2.75) is 52.0 Å². The number of amides is 1. The normalized spacial score (nSPS) is 18.2. The van der Waals surface area contributed by atoms with Crippen molar-refractivity contribution >= 4 is 29.0 Å². The average Bonchev–Trinajstić information content (AvgIpc) is 2.75.